The molecule has 0 radical (unpaired) electrons. The summed E-state index contributed by atoms with van der Waals surface area (Å²) in [4.78, 5) is 10.5. The number of carbonyl (C=O) groups is 1. The van der Waals surface area contributed by atoms with Gasteiger partial charge in [-0.3, -0.25) is 0 Å². The van der Waals surface area contributed by atoms with Crippen LogP contribution in [0.4, 0.5) is 0 Å². The van der Waals surface area contributed by atoms with Crippen molar-refractivity contribution in [1.29, 1.82) is 0 Å². The fourth-order valence-electron chi connectivity index (χ4n) is 1.89. The molecule has 1 aromatic rings. The van der Waals surface area contributed by atoms with Crippen LogP contribution in [0.5, 0.6) is 11.5 Å². The van der Waals surface area contributed by atoms with Crippen molar-refractivity contribution in [2.24, 2.45) is 0 Å². The molecule has 0 atom stereocenters. The standard InChI is InChI=1S/C19H24O4/c1-14(2)5-4-6-15(3)11-12-23-18-9-7-16(13-17(18)20)8-10-19(21)22/h5,7-11,13,20H,4,6,12H2,1-3H3,(H,21,22)/b10-8+,15-11+. The summed E-state index contributed by atoms with van der Waals surface area (Å²) in [6.07, 6.45) is 8.64. The van der Waals surface area contributed by atoms with E-state index in [0.29, 0.717) is 17.9 Å². The zero-order valence-corrected chi connectivity index (χ0v) is 13.9. The number of phenolic OH excluding ortho intramolecular Hbond substituents is 1. The molecule has 0 fully saturated rings. The van der Waals surface area contributed by atoms with E-state index in [1.807, 2.05) is 6.08 Å². The Morgan fingerprint density at radius 1 is 1.22 bits per heavy atom. The van der Waals surface area contributed by atoms with Gasteiger partial charge >= 0.3 is 5.97 Å². The van der Waals surface area contributed by atoms with Gasteiger partial charge in [0.05, 0.1) is 0 Å². The minimum Gasteiger partial charge on any atom is -0.504 e. The lowest BCUT2D eigenvalue weighted by Crippen LogP contribution is -1.95. The van der Waals surface area contributed by atoms with Crippen LogP contribution in [-0.2, 0) is 4.79 Å². The van der Waals surface area contributed by atoms with Crippen LogP contribution in [0.25, 0.3) is 6.08 Å². The van der Waals surface area contributed by atoms with Crippen molar-refractivity contribution in [2.75, 3.05) is 6.61 Å². The van der Waals surface area contributed by atoms with Crippen molar-refractivity contribution < 1.29 is 19.7 Å². The number of carboxylic acids is 1. The Bertz CT molecular complexity index is 620. The smallest absolute Gasteiger partial charge is 0.328 e. The van der Waals surface area contributed by atoms with Crippen molar-refractivity contribution >= 4 is 12.0 Å². The van der Waals surface area contributed by atoms with Gasteiger partial charge in [0.25, 0.3) is 0 Å². The highest BCUT2D eigenvalue weighted by Crippen LogP contribution is 2.27. The van der Waals surface area contributed by atoms with Crippen LogP contribution in [0.2, 0.25) is 0 Å². The van der Waals surface area contributed by atoms with Crippen LogP contribution in [0.1, 0.15) is 39.2 Å². The molecule has 0 aliphatic carbocycles. The highest BCUT2D eigenvalue weighted by atomic mass is 16.5. The maximum atomic E-state index is 10.5. The van der Waals surface area contributed by atoms with Gasteiger partial charge in [0.2, 0.25) is 0 Å². The third kappa shape index (κ3) is 7.90. The van der Waals surface area contributed by atoms with Crippen LogP contribution in [0, 0.1) is 0 Å². The zero-order chi connectivity index (χ0) is 17.2. The molecular weight excluding hydrogens is 292 g/mol. The fraction of sp³-hybridized carbons (Fsp3) is 0.316. The molecule has 4 heteroatoms. The SMILES string of the molecule is CC(C)=CCC/C(C)=C/COc1ccc(/C=C/C(=O)O)cc1O. The number of aromatic hydroxyl groups is 1. The summed E-state index contributed by atoms with van der Waals surface area (Å²) in [6.45, 7) is 6.61. The molecule has 2 N–H and O–H groups in total. The molecule has 124 valence electrons. The van der Waals surface area contributed by atoms with Crippen molar-refractivity contribution in [3.63, 3.8) is 0 Å². The Morgan fingerprint density at radius 3 is 2.57 bits per heavy atom. The van der Waals surface area contributed by atoms with Crippen LogP contribution >= 0.6 is 0 Å². The fourth-order valence-corrected chi connectivity index (χ4v) is 1.89. The first kappa shape index (κ1) is 18.6. The second kappa shape index (κ2) is 9.51. The molecule has 0 unspecified atom stereocenters. The second-order valence-electron chi connectivity index (χ2n) is 5.58. The second-order valence-corrected chi connectivity index (χ2v) is 5.58. The Balaban J connectivity index is 2.55. The monoisotopic (exact) mass is 316 g/mol. The maximum Gasteiger partial charge on any atom is 0.328 e. The molecule has 0 aromatic heterocycles. The van der Waals surface area contributed by atoms with E-state index in [-0.39, 0.29) is 5.75 Å². The number of carboxylic acid groups (broad SMARTS) is 1. The molecule has 0 spiro atoms. The van der Waals surface area contributed by atoms with E-state index in [4.69, 9.17) is 9.84 Å². The topological polar surface area (TPSA) is 66.8 Å². The van der Waals surface area contributed by atoms with E-state index in [1.54, 1.807) is 12.1 Å². The van der Waals surface area contributed by atoms with Gasteiger partial charge in [0, 0.05) is 6.08 Å². The van der Waals surface area contributed by atoms with Gasteiger partial charge in [-0.05, 0) is 63.5 Å². The number of aliphatic carboxylic acids is 1. The van der Waals surface area contributed by atoms with E-state index >= 15 is 0 Å². The van der Waals surface area contributed by atoms with Gasteiger partial charge < -0.3 is 14.9 Å². The van der Waals surface area contributed by atoms with Crippen molar-refractivity contribution in [2.45, 2.75) is 33.6 Å². The number of allylic oxidation sites excluding steroid dienone is 3. The predicted octanol–water partition coefficient (Wildman–Crippen LogP) is 4.56. The first-order valence-corrected chi connectivity index (χ1v) is 7.54. The summed E-state index contributed by atoms with van der Waals surface area (Å²) in [5, 5.41) is 18.5. The number of hydrogen-bond donors (Lipinski definition) is 2. The third-order valence-corrected chi connectivity index (χ3v) is 3.16. The molecule has 1 aromatic carbocycles. The van der Waals surface area contributed by atoms with E-state index in [1.165, 1.54) is 23.3 Å². The summed E-state index contributed by atoms with van der Waals surface area (Å²) in [5.41, 5.74) is 3.16. The molecule has 1 rings (SSSR count). The van der Waals surface area contributed by atoms with Crippen LogP contribution in [-0.4, -0.2) is 22.8 Å². The molecule has 0 aliphatic heterocycles. The van der Waals surface area contributed by atoms with Gasteiger partial charge in [-0.25, -0.2) is 4.79 Å². The van der Waals surface area contributed by atoms with Crippen molar-refractivity contribution in [3.05, 3.63) is 53.1 Å². The summed E-state index contributed by atoms with van der Waals surface area (Å²) in [7, 11) is 0. The van der Waals surface area contributed by atoms with Crippen molar-refractivity contribution in [1.82, 2.24) is 0 Å². The number of benzene rings is 1. The van der Waals surface area contributed by atoms with Gasteiger partial charge in [-0.1, -0.05) is 23.3 Å². The number of rotatable bonds is 8. The van der Waals surface area contributed by atoms with E-state index in [9.17, 15) is 9.90 Å². The van der Waals surface area contributed by atoms with Gasteiger partial charge in [0.1, 0.15) is 6.61 Å². The molecular formula is C19H24O4. The summed E-state index contributed by atoms with van der Waals surface area (Å²) < 4.78 is 5.53. The van der Waals surface area contributed by atoms with E-state index in [0.717, 1.165) is 18.9 Å². The minimum atomic E-state index is -1.03. The lowest BCUT2D eigenvalue weighted by molar-refractivity contribution is -0.131. The van der Waals surface area contributed by atoms with Gasteiger partial charge in [0.15, 0.2) is 11.5 Å². The lowest BCUT2D eigenvalue weighted by Gasteiger charge is -2.07. The molecule has 0 saturated heterocycles. The zero-order valence-electron chi connectivity index (χ0n) is 13.9. The minimum absolute atomic E-state index is 0.00636. The number of ether oxygens (including phenoxy) is 1. The van der Waals surface area contributed by atoms with Crippen molar-refractivity contribution in [3.8, 4) is 11.5 Å². The maximum absolute atomic E-state index is 10.5. The Labute approximate surface area is 137 Å². The predicted molar refractivity (Wildman–Crippen MR) is 92.7 cm³/mol. The van der Waals surface area contributed by atoms with E-state index in [2.05, 4.69) is 26.8 Å². The molecule has 0 aliphatic rings. The molecule has 0 saturated carbocycles. The van der Waals surface area contributed by atoms with Crippen LogP contribution < -0.4 is 4.74 Å². The van der Waals surface area contributed by atoms with Crippen LogP contribution in [0.15, 0.2) is 47.6 Å². The van der Waals surface area contributed by atoms with Crippen LogP contribution in [0.3, 0.4) is 0 Å². The van der Waals surface area contributed by atoms with Gasteiger partial charge in [-0.15, -0.1) is 0 Å². The van der Waals surface area contributed by atoms with E-state index < -0.39 is 5.97 Å². The number of phenols is 1. The highest BCUT2D eigenvalue weighted by molar-refractivity contribution is 5.85. The summed E-state index contributed by atoms with van der Waals surface area (Å²) in [5.74, 6) is -0.655. The molecule has 23 heavy (non-hydrogen) atoms. The normalized spacial score (nSPS) is 11.5. The average molecular weight is 316 g/mol. The summed E-state index contributed by atoms with van der Waals surface area (Å²) in [6, 6.07) is 4.79. The highest BCUT2D eigenvalue weighted by Gasteiger charge is 2.02. The molecule has 0 amide bonds. The quantitative estimate of drug-likeness (QED) is 0.545. The molecule has 0 bridgehead atoms. The lowest BCUT2D eigenvalue weighted by atomic mass is 10.1. The first-order chi connectivity index (χ1) is 10.9. The molecule has 4 nitrogen and oxygen atoms in total. The average Bonchev–Trinajstić information content (AvgIpc) is 2.46. The first-order valence-electron chi connectivity index (χ1n) is 7.54. The van der Waals surface area contributed by atoms with Gasteiger partial charge in [-0.2, -0.15) is 0 Å². The molecule has 0 heterocycles. The Kier molecular flexibility index (Phi) is 7.67. The Morgan fingerprint density at radius 2 is 1.96 bits per heavy atom. The summed E-state index contributed by atoms with van der Waals surface area (Å²) >= 11 is 0. The Hall–Kier alpha value is -2.49. The largest absolute Gasteiger partial charge is 0.504 e. The number of hydrogen-bond acceptors (Lipinski definition) is 3. The third-order valence-electron chi connectivity index (χ3n) is 3.16.